The van der Waals surface area contributed by atoms with E-state index >= 15 is 0 Å². The zero-order chi connectivity index (χ0) is 20.0. The highest BCUT2D eigenvalue weighted by molar-refractivity contribution is 9.10. The Labute approximate surface area is 167 Å². The predicted octanol–water partition coefficient (Wildman–Crippen LogP) is 2.87. The molecule has 0 unspecified atom stereocenters. The first kappa shape index (κ1) is 21.2. The van der Waals surface area contributed by atoms with Gasteiger partial charge in [0.15, 0.2) is 11.5 Å². The maximum atomic E-state index is 12.4. The topological polar surface area (TPSA) is 84.9 Å². The van der Waals surface area contributed by atoms with Gasteiger partial charge in [0.05, 0.1) is 27.0 Å². The first-order chi connectivity index (χ1) is 12.7. The lowest BCUT2D eigenvalue weighted by Crippen LogP contribution is -2.36. The second-order valence-corrected chi connectivity index (χ2v) is 8.67. The number of hydrogen-bond acceptors (Lipinski definition) is 5. The maximum Gasteiger partial charge on any atom is 0.239 e. The van der Waals surface area contributed by atoms with E-state index in [9.17, 15) is 13.2 Å². The fraction of sp³-hybridized carbons (Fsp3) is 0.278. The molecule has 0 aliphatic carbocycles. The Morgan fingerprint density at radius 1 is 1.07 bits per heavy atom. The van der Waals surface area contributed by atoms with Crippen molar-refractivity contribution in [2.45, 2.75) is 6.54 Å². The Morgan fingerprint density at radius 3 is 2.26 bits per heavy atom. The van der Waals surface area contributed by atoms with Crippen molar-refractivity contribution in [3.8, 4) is 11.5 Å². The summed E-state index contributed by atoms with van der Waals surface area (Å²) in [4.78, 5) is 12.4. The molecule has 2 rings (SSSR count). The highest BCUT2D eigenvalue weighted by Gasteiger charge is 2.21. The smallest absolute Gasteiger partial charge is 0.239 e. The summed E-state index contributed by atoms with van der Waals surface area (Å²) in [6, 6.07) is 12.2. The molecule has 0 fully saturated rings. The molecule has 0 aliphatic rings. The molecule has 2 aromatic carbocycles. The maximum absolute atomic E-state index is 12.4. The van der Waals surface area contributed by atoms with Crippen LogP contribution in [0.2, 0.25) is 0 Å². The number of nitrogens with one attached hydrogen (secondary N) is 1. The zero-order valence-electron chi connectivity index (χ0n) is 15.2. The lowest BCUT2D eigenvalue weighted by Gasteiger charge is -2.20. The molecular formula is C18H21BrN2O5S. The third-order valence-corrected chi connectivity index (χ3v) is 5.45. The molecule has 0 saturated heterocycles. The van der Waals surface area contributed by atoms with Gasteiger partial charge in [-0.2, -0.15) is 4.31 Å². The van der Waals surface area contributed by atoms with Crippen molar-refractivity contribution in [3.05, 3.63) is 52.5 Å². The van der Waals surface area contributed by atoms with Gasteiger partial charge in [-0.1, -0.05) is 28.1 Å². The SMILES string of the molecule is COc1ccc(NC(=O)CN(Cc2ccc(Br)cc2)S(C)(=O)=O)cc1OC. The van der Waals surface area contributed by atoms with Crippen molar-refractivity contribution in [2.24, 2.45) is 0 Å². The van der Waals surface area contributed by atoms with Crippen LogP contribution >= 0.6 is 15.9 Å². The van der Waals surface area contributed by atoms with Crippen LogP contribution in [0.15, 0.2) is 46.9 Å². The summed E-state index contributed by atoms with van der Waals surface area (Å²) in [5.41, 5.74) is 1.26. The minimum Gasteiger partial charge on any atom is -0.493 e. The molecule has 0 bridgehead atoms. The number of halogens is 1. The Morgan fingerprint density at radius 2 is 1.70 bits per heavy atom. The fourth-order valence-electron chi connectivity index (χ4n) is 2.36. The van der Waals surface area contributed by atoms with E-state index in [0.717, 1.165) is 20.6 Å². The number of sulfonamides is 1. The summed E-state index contributed by atoms with van der Waals surface area (Å²) >= 11 is 3.34. The van der Waals surface area contributed by atoms with Gasteiger partial charge in [-0.25, -0.2) is 8.42 Å². The third kappa shape index (κ3) is 6.23. The molecule has 0 aromatic heterocycles. The van der Waals surface area contributed by atoms with Crippen LogP contribution in [0.4, 0.5) is 5.69 Å². The molecule has 9 heteroatoms. The van der Waals surface area contributed by atoms with Gasteiger partial charge in [0.25, 0.3) is 0 Å². The van der Waals surface area contributed by atoms with Gasteiger partial charge >= 0.3 is 0 Å². The van der Waals surface area contributed by atoms with Crippen LogP contribution in [0.25, 0.3) is 0 Å². The number of carbonyl (C=O) groups excluding carboxylic acids is 1. The number of methoxy groups -OCH3 is 2. The van der Waals surface area contributed by atoms with Gasteiger partial charge in [-0.05, 0) is 29.8 Å². The lowest BCUT2D eigenvalue weighted by atomic mass is 10.2. The summed E-state index contributed by atoms with van der Waals surface area (Å²) in [6.07, 6.45) is 1.08. The first-order valence-corrected chi connectivity index (χ1v) is 10.6. The number of hydrogen-bond donors (Lipinski definition) is 1. The number of benzene rings is 2. The van der Waals surface area contributed by atoms with E-state index in [1.54, 1.807) is 30.3 Å². The summed E-state index contributed by atoms with van der Waals surface area (Å²) in [5.74, 6) is 0.540. The molecule has 146 valence electrons. The molecule has 0 spiro atoms. The summed E-state index contributed by atoms with van der Waals surface area (Å²) in [6.45, 7) is -0.200. The number of nitrogens with zero attached hydrogens (tertiary/aromatic N) is 1. The van der Waals surface area contributed by atoms with Crippen LogP contribution in [-0.4, -0.2) is 45.7 Å². The van der Waals surface area contributed by atoms with Crippen molar-refractivity contribution in [2.75, 3.05) is 32.3 Å². The second kappa shape index (κ2) is 9.20. The Hall–Kier alpha value is -2.10. The highest BCUT2D eigenvalue weighted by Crippen LogP contribution is 2.29. The predicted molar refractivity (Wildman–Crippen MR) is 108 cm³/mol. The summed E-state index contributed by atoms with van der Waals surface area (Å²) in [5, 5.41) is 2.68. The monoisotopic (exact) mass is 456 g/mol. The van der Waals surface area contributed by atoms with E-state index in [4.69, 9.17) is 9.47 Å². The van der Waals surface area contributed by atoms with Crippen molar-refractivity contribution in [3.63, 3.8) is 0 Å². The third-order valence-electron chi connectivity index (χ3n) is 3.73. The van der Waals surface area contributed by atoms with E-state index in [1.807, 2.05) is 12.1 Å². The van der Waals surface area contributed by atoms with Crippen LogP contribution in [0.3, 0.4) is 0 Å². The van der Waals surface area contributed by atoms with Gasteiger partial charge in [0, 0.05) is 22.8 Å². The van der Waals surface area contributed by atoms with Crippen molar-refractivity contribution in [1.29, 1.82) is 0 Å². The van der Waals surface area contributed by atoms with Crippen molar-refractivity contribution < 1.29 is 22.7 Å². The number of carbonyl (C=O) groups is 1. The van der Waals surface area contributed by atoms with E-state index in [0.29, 0.717) is 17.2 Å². The first-order valence-electron chi connectivity index (χ1n) is 7.94. The standard InChI is InChI=1S/C18H21BrN2O5S/c1-25-16-9-8-15(10-17(16)26-2)20-18(22)12-21(27(3,23)24)11-13-4-6-14(19)7-5-13/h4-10H,11-12H2,1-3H3,(H,20,22). The lowest BCUT2D eigenvalue weighted by molar-refractivity contribution is -0.116. The Bertz CT molecular complexity index is 900. The molecule has 1 N–H and O–H groups in total. The average molecular weight is 457 g/mol. The van der Waals surface area contributed by atoms with Crippen molar-refractivity contribution in [1.82, 2.24) is 4.31 Å². The van der Waals surface area contributed by atoms with E-state index < -0.39 is 15.9 Å². The van der Waals surface area contributed by atoms with Gasteiger partial charge in [0.2, 0.25) is 15.9 Å². The van der Waals surface area contributed by atoms with Crippen LogP contribution in [0.5, 0.6) is 11.5 Å². The van der Waals surface area contributed by atoms with Gasteiger partial charge in [-0.15, -0.1) is 0 Å². The average Bonchev–Trinajstić information content (AvgIpc) is 2.62. The molecule has 0 aliphatic heterocycles. The molecule has 7 nitrogen and oxygen atoms in total. The highest BCUT2D eigenvalue weighted by atomic mass is 79.9. The van der Waals surface area contributed by atoms with Gasteiger partial charge in [-0.3, -0.25) is 4.79 Å². The second-order valence-electron chi connectivity index (χ2n) is 5.78. The van der Waals surface area contributed by atoms with Crippen molar-refractivity contribution >= 4 is 37.5 Å². The molecule has 1 amide bonds. The quantitative estimate of drug-likeness (QED) is 0.659. The molecule has 0 radical (unpaired) electrons. The van der Waals surface area contributed by atoms with E-state index in [2.05, 4.69) is 21.2 Å². The van der Waals surface area contributed by atoms with Gasteiger partial charge < -0.3 is 14.8 Å². The molecule has 27 heavy (non-hydrogen) atoms. The molecule has 2 aromatic rings. The molecule has 0 heterocycles. The largest absolute Gasteiger partial charge is 0.493 e. The minimum atomic E-state index is -3.57. The number of rotatable bonds is 8. The normalized spacial score (nSPS) is 11.3. The van der Waals surface area contributed by atoms with Crippen LogP contribution in [0.1, 0.15) is 5.56 Å². The Balaban J connectivity index is 2.11. The molecule has 0 saturated carbocycles. The number of anilines is 1. The minimum absolute atomic E-state index is 0.103. The van der Waals surface area contributed by atoms with Gasteiger partial charge in [0.1, 0.15) is 0 Å². The van der Waals surface area contributed by atoms with E-state index in [-0.39, 0.29) is 13.1 Å². The Kier molecular flexibility index (Phi) is 7.23. The van der Waals surface area contributed by atoms with Crippen LogP contribution in [-0.2, 0) is 21.4 Å². The molecular weight excluding hydrogens is 436 g/mol. The van der Waals surface area contributed by atoms with Crippen LogP contribution < -0.4 is 14.8 Å². The number of ether oxygens (including phenoxy) is 2. The van der Waals surface area contributed by atoms with Crippen LogP contribution in [0, 0.1) is 0 Å². The fourth-order valence-corrected chi connectivity index (χ4v) is 3.36. The number of amides is 1. The van der Waals surface area contributed by atoms with E-state index in [1.165, 1.54) is 14.2 Å². The summed E-state index contributed by atoms with van der Waals surface area (Å²) in [7, 11) is -0.559. The zero-order valence-corrected chi connectivity index (χ0v) is 17.6. The molecule has 0 atom stereocenters. The summed E-state index contributed by atoms with van der Waals surface area (Å²) < 4.78 is 36.5.